The van der Waals surface area contributed by atoms with Crippen LogP contribution in [0, 0.1) is 41.5 Å². The fraction of sp³-hybridized carbons (Fsp3) is 0.231. The SMILES string of the molecule is Cc1cc(C)c(N=C=Nc2ccc(N=C=Nc3c(C)cc(C)cc3C)cc2)c(C)c1. The Kier molecular flexibility index (Phi) is 6.54. The van der Waals surface area contributed by atoms with Crippen molar-refractivity contribution in [2.75, 3.05) is 0 Å². The number of rotatable bonds is 4. The van der Waals surface area contributed by atoms with Gasteiger partial charge in [-0.05, 0) is 88.1 Å². The molecule has 3 aromatic carbocycles. The second kappa shape index (κ2) is 9.28. The molecule has 0 N–H and O–H groups in total. The van der Waals surface area contributed by atoms with Gasteiger partial charge >= 0.3 is 0 Å². The zero-order valence-electron chi connectivity index (χ0n) is 18.4. The van der Waals surface area contributed by atoms with Gasteiger partial charge in [-0.15, -0.1) is 0 Å². The maximum atomic E-state index is 4.40. The molecular formula is C26H26N4. The summed E-state index contributed by atoms with van der Waals surface area (Å²) in [5, 5.41) is 0. The van der Waals surface area contributed by atoms with Gasteiger partial charge in [0.25, 0.3) is 0 Å². The molecule has 0 aromatic heterocycles. The van der Waals surface area contributed by atoms with Gasteiger partial charge < -0.3 is 0 Å². The van der Waals surface area contributed by atoms with E-state index < -0.39 is 0 Å². The number of benzene rings is 3. The minimum absolute atomic E-state index is 0.766. The van der Waals surface area contributed by atoms with Crippen molar-refractivity contribution in [3.63, 3.8) is 0 Å². The van der Waals surface area contributed by atoms with E-state index in [1.54, 1.807) is 0 Å². The summed E-state index contributed by atoms with van der Waals surface area (Å²) >= 11 is 0. The molecular weight excluding hydrogens is 368 g/mol. The quantitative estimate of drug-likeness (QED) is 0.405. The minimum atomic E-state index is 0.766. The molecule has 0 fully saturated rings. The van der Waals surface area contributed by atoms with Gasteiger partial charge in [0, 0.05) is 0 Å². The minimum Gasteiger partial charge on any atom is -0.188 e. The van der Waals surface area contributed by atoms with Gasteiger partial charge in [0.05, 0.1) is 22.7 Å². The molecule has 0 aliphatic rings. The maximum absolute atomic E-state index is 4.40. The third-order valence-corrected chi connectivity index (χ3v) is 4.80. The van der Waals surface area contributed by atoms with Crippen molar-refractivity contribution in [2.24, 2.45) is 20.0 Å². The summed E-state index contributed by atoms with van der Waals surface area (Å²) in [5.74, 6) is 0. The normalized spacial score (nSPS) is 10.1. The highest BCUT2D eigenvalue weighted by molar-refractivity contribution is 5.65. The molecule has 0 heterocycles. The molecule has 0 bridgehead atoms. The topological polar surface area (TPSA) is 49.4 Å². The van der Waals surface area contributed by atoms with Gasteiger partial charge in [-0.25, -0.2) is 0 Å². The second-order valence-electron chi connectivity index (χ2n) is 7.66. The lowest BCUT2D eigenvalue weighted by atomic mass is 10.1. The van der Waals surface area contributed by atoms with Crippen LogP contribution in [-0.2, 0) is 0 Å². The van der Waals surface area contributed by atoms with Crippen LogP contribution in [0.5, 0.6) is 0 Å². The van der Waals surface area contributed by atoms with E-state index in [1.165, 1.54) is 11.1 Å². The Morgan fingerprint density at radius 1 is 0.467 bits per heavy atom. The molecule has 0 saturated carbocycles. The predicted molar refractivity (Wildman–Crippen MR) is 126 cm³/mol. The highest BCUT2D eigenvalue weighted by atomic mass is 14.8. The van der Waals surface area contributed by atoms with Crippen LogP contribution in [-0.4, -0.2) is 12.0 Å². The van der Waals surface area contributed by atoms with Gasteiger partial charge in [-0.1, -0.05) is 35.4 Å². The summed E-state index contributed by atoms with van der Waals surface area (Å²) in [5.41, 5.74) is 10.3. The molecule has 3 rings (SSSR count). The molecule has 4 heteroatoms. The van der Waals surface area contributed by atoms with Crippen molar-refractivity contribution in [1.29, 1.82) is 0 Å². The van der Waals surface area contributed by atoms with Crippen LogP contribution in [0.4, 0.5) is 22.7 Å². The van der Waals surface area contributed by atoms with E-state index >= 15 is 0 Å². The number of aliphatic imine (C=N–C) groups is 4. The van der Waals surface area contributed by atoms with E-state index in [0.29, 0.717) is 0 Å². The molecule has 4 nitrogen and oxygen atoms in total. The number of hydrogen-bond donors (Lipinski definition) is 0. The Hall–Kier alpha value is -3.58. The van der Waals surface area contributed by atoms with Crippen molar-refractivity contribution < 1.29 is 0 Å². The van der Waals surface area contributed by atoms with Crippen molar-refractivity contribution >= 4 is 34.8 Å². The molecule has 0 amide bonds. The molecule has 0 radical (unpaired) electrons. The lowest BCUT2D eigenvalue weighted by Gasteiger charge is -2.04. The van der Waals surface area contributed by atoms with E-state index in [-0.39, 0.29) is 0 Å². The van der Waals surface area contributed by atoms with Crippen LogP contribution in [0.15, 0.2) is 68.5 Å². The largest absolute Gasteiger partial charge is 0.188 e. The first kappa shape index (κ1) is 21.1. The Balaban J connectivity index is 1.76. The highest BCUT2D eigenvalue weighted by Gasteiger charge is 2.02. The van der Waals surface area contributed by atoms with Gasteiger partial charge in [0.2, 0.25) is 0 Å². The van der Waals surface area contributed by atoms with Gasteiger partial charge in [-0.2, -0.15) is 20.0 Å². The standard InChI is InChI=1S/C26H26N4/c1-17-11-19(3)25(20(4)12-17)29-15-27-23-7-9-24(10-8-23)28-16-30-26-21(5)13-18(2)14-22(26)6/h7-14H,1-6H3. The van der Waals surface area contributed by atoms with E-state index in [9.17, 15) is 0 Å². The molecule has 0 aliphatic carbocycles. The van der Waals surface area contributed by atoms with Crippen molar-refractivity contribution in [3.8, 4) is 0 Å². The van der Waals surface area contributed by atoms with Crippen LogP contribution >= 0.6 is 0 Å². The number of hydrogen-bond acceptors (Lipinski definition) is 4. The molecule has 0 aliphatic heterocycles. The second-order valence-corrected chi connectivity index (χ2v) is 7.66. The lowest BCUT2D eigenvalue weighted by molar-refractivity contribution is 1.29. The van der Waals surface area contributed by atoms with Crippen LogP contribution in [0.25, 0.3) is 0 Å². The Labute approximate surface area is 178 Å². The molecule has 3 aromatic rings. The van der Waals surface area contributed by atoms with Crippen LogP contribution in [0.3, 0.4) is 0 Å². The third kappa shape index (κ3) is 5.27. The van der Waals surface area contributed by atoms with Gasteiger partial charge in [0.15, 0.2) is 0 Å². The van der Waals surface area contributed by atoms with E-state index in [2.05, 4.69) is 97.8 Å². The third-order valence-electron chi connectivity index (χ3n) is 4.80. The summed E-state index contributed by atoms with van der Waals surface area (Å²) in [6.45, 7) is 12.4. The van der Waals surface area contributed by atoms with Crippen LogP contribution in [0.2, 0.25) is 0 Å². The average molecular weight is 395 g/mol. The molecule has 0 unspecified atom stereocenters. The Morgan fingerprint density at radius 2 is 0.767 bits per heavy atom. The Bertz CT molecular complexity index is 1060. The van der Waals surface area contributed by atoms with Gasteiger partial charge in [-0.3, -0.25) is 0 Å². The van der Waals surface area contributed by atoms with E-state index in [1.807, 2.05) is 24.3 Å². The average Bonchev–Trinajstić information content (AvgIpc) is 2.67. The number of aryl methyl sites for hydroxylation is 6. The molecule has 0 spiro atoms. The van der Waals surface area contributed by atoms with Crippen molar-refractivity contribution in [1.82, 2.24) is 0 Å². The lowest BCUT2D eigenvalue weighted by Crippen LogP contribution is -1.83. The molecule has 150 valence electrons. The fourth-order valence-electron chi connectivity index (χ4n) is 3.56. The van der Waals surface area contributed by atoms with Crippen molar-refractivity contribution in [2.45, 2.75) is 41.5 Å². The first-order valence-electron chi connectivity index (χ1n) is 9.92. The van der Waals surface area contributed by atoms with Crippen LogP contribution in [0.1, 0.15) is 33.4 Å². The summed E-state index contributed by atoms with van der Waals surface area (Å²) in [6.07, 6.45) is 0. The molecule has 0 atom stereocenters. The van der Waals surface area contributed by atoms with E-state index in [0.717, 1.165) is 45.0 Å². The smallest absolute Gasteiger partial charge is 0.100 e. The first-order valence-corrected chi connectivity index (χ1v) is 9.92. The summed E-state index contributed by atoms with van der Waals surface area (Å²) in [7, 11) is 0. The predicted octanol–water partition coefficient (Wildman–Crippen LogP) is 7.81. The molecule has 0 saturated heterocycles. The summed E-state index contributed by atoms with van der Waals surface area (Å²) < 4.78 is 0. The van der Waals surface area contributed by atoms with Crippen LogP contribution < -0.4 is 0 Å². The molecule has 30 heavy (non-hydrogen) atoms. The van der Waals surface area contributed by atoms with E-state index in [4.69, 9.17) is 0 Å². The maximum Gasteiger partial charge on any atom is 0.100 e. The monoisotopic (exact) mass is 394 g/mol. The van der Waals surface area contributed by atoms with Crippen molar-refractivity contribution in [3.05, 3.63) is 81.9 Å². The summed E-state index contributed by atoms with van der Waals surface area (Å²) in [6, 6.07) is 21.6. The Morgan fingerprint density at radius 3 is 1.07 bits per heavy atom. The summed E-state index contributed by atoms with van der Waals surface area (Å²) in [4.78, 5) is 17.4. The first-order chi connectivity index (χ1) is 14.3. The number of nitrogens with zero attached hydrogens (tertiary/aromatic N) is 4. The highest BCUT2D eigenvalue weighted by Crippen LogP contribution is 2.26. The zero-order valence-corrected chi connectivity index (χ0v) is 18.4. The zero-order chi connectivity index (χ0) is 21.7. The fourth-order valence-corrected chi connectivity index (χ4v) is 3.56. The van der Waals surface area contributed by atoms with Gasteiger partial charge in [0.1, 0.15) is 12.0 Å².